The van der Waals surface area contributed by atoms with E-state index < -0.39 is 0 Å². The molecule has 0 spiro atoms. The summed E-state index contributed by atoms with van der Waals surface area (Å²) >= 11 is 0. The van der Waals surface area contributed by atoms with E-state index in [0.717, 1.165) is 16.9 Å². The van der Waals surface area contributed by atoms with Gasteiger partial charge in [0.2, 0.25) is 0 Å². The van der Waals surface area contributed by atoms with Gasteiger partial charge in [-0.15, -0.1) is 0 Å². The van der Waals surface area contributed by atoms with Gasteiger partial charge in [0.1, 0.15) is 5.52 Å². The third-order valence-electron chi connectivity index (χ3n) is 4.10. The van der Waals surface area contributed by atoms with Crippen molar-refractivity contribution in [3.05, 3.63) is 48.9 Å². The van der Waals surface area contributed by atoms with Crippen LogP contribution in [0, 0.1) is 0 Å². The topological polar surface area (TPSA) is 98.8 Å². The number of aromatic amines is 1. The Morgan fingerprint density at radius 2 is 2.04 bits per heavy atom. The number of hydrogen-bond donors (Lipinski definition) is 2. The number of fused-ring (bicyclic) bond motifs is 2. The van der Waals surface area contributed by atoms with Crippen LogP contribution < -0.4 is 5.73 Å². The number of nitrogens with two attached hydrogens (primary N) is 1. The van der Waals surface area contributed by atoms with Crippen molar-refractivity contribution in [2.45, 2.75) is 13.3 Å². The monoisotopic (exact) mass is 365 g/mol. The Hall–Kier alpha value is -3.19. The number of carbonyl (C=O) groups excluding carboxylic acids is 1. The highest BCUT2D eigenvalue weighted by Crippen LogP contribution is 2.30. The van der Waals surface area contributed by atoms with Crippen LogP contribution in [0.25, 0.3) is 33.3 Å². The fraction of sp³-hybridized carbons (Fsp3) is 0.250. The standard InChI is InChI=1S/C15H12N4.C5H11NO2/c1-19-9-11(10-4-2-3-5-14(10)19)12-8-13-15(18-12)17-7-6-16-13;1-2-8-5(7)3-4-6/h2-9H,1H3,(H,17,18);2-4,6H2,1H3. The second-order valence-corrected chi connectivity index (χ2v) is 5.99. The molecular formula is C20H23N5O2. The number of nitrogens with zero attached hydrogens (tertiary/aromatic N) is 3. The number of hydrogen-bond acceptors (Lipinski definition) is 5. The molecule has 7 nitrogen and oxygen atoms in total. The van der Waals surface area contributed by atoms with Crippen LogP contribution >= 0.6 is 0 Å². The average molecular weight is 365 g/mol. The Balaban J connectivity index is 0.000000226. The maximum absolute atomic E-state index is 10.3. The molecule has 0 aliphatic rings. The number of ether oxygens (including phenoxy) is 1. The average Bonchev–Trinajstić information content (AvgIpc) is 3.24. The van der Waals surface area contributed by atoms with Gasteiger partial charge in [0.05, 0.1) is 18.7 Å². The smallest absolute Gasteiger partial charge is 0.307 e. The number of para-hydroxylation sites is 1. The van der Waals surface area contributed by atoms with E-state index >= 15 is 0 Å². The normalized spacial score (nSPS) is 10.6. The Kier molecular flexibility index (Phi) is 5.83. The third-order valence-corrected chi connectivity index (χ3v) is 4.10. The molecule has 4 aromatic rings. The zero-order chi connectivity index (χ0) is 19.2. The van der Waals surface area contributed by atoms with Crippen LogP contribution in [-0.2, 0) is 16.6 Å². The summed E-state index contributed by atoms with van der Waals surface area (Å²) in [5, 5.41) is 1.23. The Morgan fingerprint density at radius 1 is 1.26 bits per heavy atom. The predicted molar refractivity (Wildman–Crippen MR) is 106 cm³/mol. The van der Waals surface area contributed by atoms with Crippen LogP contribution in [0.15, 0.2) is 48.9 Å². The molecule has 3 heterocycles. The van der Waals surface area contributed by atoms with Gasteiger partial charge in [0.25, 0.3) is 0 Å². The van der Waals surface area contributed by atoms with Crippen LogP contribution in [0.5, 0.6) is 0 Å². The predicted octanol–water partition coefficient (Wildman–Crippen LogP) is 3.01. The van der Waals surface area contributed by atoms with Gasteiger partial charge >= 0.3 is 5.97 Å². The summed E-state index contributed by atoms with van der Waals surface area (Å²) in [5.74, 6) is -0.213. The van der Waals surface area contributed by atoms with E-state index in [1.807, 2.05) is 6.07 Å². The largest absolute Gasteiger partial charge is 0.466 e. The second kappa shape index (κ2) is 8.46. The molecule has 7 heteroatoms. The highest BCUT2D eigenvalue weighted by atomic mass is 16.5. The number of H-pyrrole nitrogens is 1. The lowest BCUT2D eigenvalue weighted by Crippen LogP contribution is -2.10. The molecule has 3 aromatic heterocycles. The Labute approximate surface area is 157 Å². The zero-order valence-electron chi connectivity index (χ0n) is 15.5. The number of aromatic nitrogens is 4. The maximum Gasteiger partial charge on any atom is 0.307 e. The maximum atomic E-state index is 10.3. The highest BCUT2D eigenvalue weighted by Gasteiger charge is 2.11. The van der Waals surface area contributed by atoms with Crippen molar-refractivity contribution < 1.29 is 9.53 Å². The molecule has 0 unspecified atom stereocenters. The van der Waals surface area contributed by atoms with Crippen molar-refractivity contribution in [2.24, 2.45) is 12.8 Å². The van der Waals surface area contributed by atoms with Gasteiger partial charge in [0, 0.05) is 48.6 Å². The number of nitrogens with one attached hydrogen (secondary N) is 1. The molecule has 0 amide bonds. The van der Waals surface area contributed by atoms with Crippen molar-refractivity contribution in [3.8, 4) is 11.3 Å². The summed E-state index contributed by atoms with van der Waals surface area (Å²) in [6.07, 6.45) is 5.87. The third kappa shape index (κ3) is 4.15. The Bertz CT molecular complexity index is 1010. The van der Waals surface area contributed by atoms with Crippen LogP contribution in [0.4, 0.5) is 0 Å². The second-order valence-electron chi connectivity index (χ2n) is 5.99. The van der Waals surface area contributed by atoms with Crippen LogP contribution in [0.1, 0.15) is 13.3 Å². The molecule has 0 radical (unpaired) electrons. The van der Waals surface area contributed by atoms with E-state index in [-0.39, 0.29) is 5.97 Å². The fourth-order valence-electron chi connectivity index (χ4n) is 2.90. The lowest BCUT2D eigenvalue weighted by atomic mass is 10.1. The van der Waals surface area contributed by atoms with Crippen LogP contribution in [0.2, 0.25) is 0 Å². The molecule has 27 heavy (non-hydrogen) atoms. The highest BCUT2D eigenvalue weighted by molar-refractivity contribution is 5.97. The van der Waals surface area contributed by atoms with Crippen molar-refractivity contribution in [3.63, 3.8) is 0 Å². The van der Waals surface area contributed by atoms with Crippen LogP contribution in [0.3, 0.4) is 0 Å². The summed E-state index contributed by atoms with van der Waals surface area (Å²) in [5.41, 5.74) is 10.2. The minimum Gasteiger partial charge on any atom is -0.466 e. The summed E-state index contributed by atoms with van der Waals surface area (Å²) in [7, 11) is 2.06. The minimum absolute atomic E-state index is 0.213. The first-order chi connectivity index (χ1) is 13.1. The molecule has 0 bridgehead atoms. The molecule has 4 rings (SSSR count). The molecule has 0 aliphatic carbocycles. The molecule has 0 saturated heterocycles. The number of carbonyl (C=O) groups is 1. The molecule has 3 N–H and O–H groups in total. The fourth-order valence-corrected chi connectivity index (χ4v) is 2.90. The molecule has 0 saturated carbocycles. The van der Waals surface area contributed by atoms with Gasteiger partial charge in [0.15, 0.2) is 5.65 Å². The minimum atomic E-state index is -0.213. The molecule has 0 fully saturated rings. The van der Waals surface area contributed by atoms with Gasteiger partial charge in [-0.2, -0.15) is 0 Å². The van der Waals surface area contributed by atoms with Crippen molar-refractivity contribution in [1.82, 2.24) is 19.5 Å². The SMILES string of the molecule is CCOC(=O)CCN.Cn1cc(-c2cc3nccnc3[nH]2)c2ccccc21. The van der Waals surface area contributed by atoms with Crippen molar-refractivity contribution in [2.75, 3.05) is 13.2 Å². The number of rotatable bonds is 4. The quantitative estimate of drug-likeness (QED) is 0.542. The molecule has 0 atom stereocenters. The summed E-state index contributed by atoms with van der Waals surface area (Å²) in [6, 6.07) is 10.4. The van der Waals surface area contributed by atoms with Gasteiger partial charge in [-0.1, -0.05) is 18.2 Å². The number of esters is 1. The van der Waals surface area contributed by atoms with Gasteiger partial charge in [-0.05, 0) is 19.1 Å². The van der Waals surface area contributed by atoms with Gasteiger partial charge < -0.3 is 20.0 Å². The lowest BCUT2D eigenvalue weighted by molar-refractivity contribution is -0.142. The lowest BCUT2D eigenvalue weighted by Gasteiger charge is -1.96. The zero-order valence-corrected chi connectivity index (χ0v) is 15.5. The summed E-state index contributed by atoms with van der Waals surface area (Å²) in [4.78, 5) is 22.3. The molecule has 1 aromatic carbocycles. The number of benzene rings is 1. The van der Waals surface area contributed by atoms with Crippen molar-refractivity contribution in [1.29, 1.82) is 0 Å². The Morgan fingerprint density at radius 3 is 2.78 bits per heavy atom. The summed E-state index contributed by atoms with van der Waals surface area (Å²) < 4.78 is 6.70. The van der Waals surface area contributed by atoms with Crippen LogP contribution in [-0.4, -0.2) is 38.6 Å². The summed E-state index contributed by atoms with van der Waals surface area (Å²) in [6.45, 7) is 2.59. The van der Waals surface area contributed by atoms with E-state index in [4.69, 9.17) is 5.73 Å². The first-order valence-corrected chi connectivity index (χ1v) is 8.84. The first kappa shape index (κ1) is 18.6. The molecular weight excluding hydrogens is 342 g/mol. The molecule has 140 valence electrons. The number of aryl methyl sites for hydroxylation is 1. The van der Waals surface area contributed by atoms with E-state index in [9.17, 15) is 4.79 Å². The van der Waals surface area contributed by atoms with Gasteiger partial charge in [-0.3, -0.25) is 9.78 Å². The van der Waals surface area contributed by atoms with E-state index in [1.54, 1.807) is 19.3 Å². The molecule has 0 aliphatic heterocycles. The first-order valence-electron chi connectivity index (χ1n) is 8.84. The van der Waals surface area contributed by atoms with E-state index in [0.29, 0.717) is 19.6 Å². The van der Waals surface area contributed by atoms with E-state index in [1.165, 1.54) is 16.5 Å². The van der Waals surface area contributed by atoms with Crippen molar-refractivity contribution >= 4 is 28.0 Å². The van der Waals surface area contributed by atoms with Gasteiger partial charge in [-0.25, -0.2) is 4.98 Å². The van der Waals surface area contributed by atoms with E-state index in [2.05, 4.69) is 61.8 Å².